The summed E-state index contributed by atoms with van der Waals surface area (Å²) in [5.41, 5.74) is 7.72. The SMILES string of the molecule is Nc1ccc2c(c1)C(=O)C(=O)N2Cc1nc(-c2ccccc2)no1. The van der Waals surface area contributed by atoms with E-state index in [1.54, 1.807) is 12.1 Å². The number of anilines is 2. The van der Waals surface area contributed by atoms with Crippen molar-refractivity contribution in [1.82, 2.24) is 10.1 Å². The Labute approximate surface area is 136 Å². The number of nitrogens with two attached hydrogens (primary N) is 1. The average Bonchev–Trinajstić information content (AvgIpc) is 3.16. The molecule has 0 saturated heterocycles. The number of carbonyl (C=O) groups excluding carboxylic acids is 2. The van der Waals surface area contributed by atoms with Crippen LogP contribution in [0.5, 0.6) is 0 Å². The van der Waals surface area contributed by atoms with E-state index >= 15 is 0 Å². The van der Waals surface area contributed by atoms with Gasteiger partial charge in [-0.2, -0.15) is 4.98 Å². The summed E-state index contributed by atoms with van der Waals surface area (Å²) in [4.78, 5) is 29.9. The maximum atomic E-state index is 12.2. The maximum absolute atomic E-state index is 12.2. The number of amides is 1. The smallest absolute Gasteiger partial charge is 0.299 e. The van der Waals surface area contributed by atoms with Gasteiger partial charge in [-0.15, -0.1) is 0 Å². The van der Waals surface area contributed by atoms with Crippen LogP contribution in [-0.4, -0.2) is 21.8 Å². The molecule has 3 aromatic rings. The van der Waals surface area contributed by atoms with Gasteiger partial charge >= 0.3 is 0 Å². The second-order valence-electron chi connectivity index (χ2n) is 5.37. The molecule has 0 bridgehead atoms. The Morgan fingerprint density at radius 3 is 2.67 bits per heavy atom. The number of carbonyl (C=O) groups is 2. The Morgan fingerprint density at radius 1 is 1.08 bits per heavy atom. The molecule has 1 aliphatic heterocycles. The first kappa shape index (κ1) is 14.1. The lowest BCUT2D eigenvalue weighted by molar-refractivity contribution is -0.114. The normalized spacial score (nSPS) is 13.4. The molecule has 1 aromatic heterocycles. The van der Waals surface area contributed by atoms with E-state index in [4.69, 9.17) is 10.3 Å². The highest BCUT2D eigenvalue weighted by Gasteiger charge is 2.36. The lowest BCUT2D eigenvalue weighted by Gasteiger charge is -2.13. The summed E-state index contributed by atoms with van der Waals surface area (Å²) in [7, 11) is 0. The van der Waals surface area contributed by atoms with E-state index in [-0.39, 0.29) is 12.4 Å². The van der Waals surface area contributed by atoms with E-state index in [1.165, 1.54) is 11.0 Å². The first-order valence-electron chi connectivity index (χ1n) is 7.27. The fourth-order valence-corrected chi connectivity index (χ4v) is 2.63. The van der Waals surface area contributed by atoms with Crippen molar-refractivity contribution in [2.45, 2.75) is 6.54 Å². The minimum absolute atomic E-state index is 0.0291. The van der Waals surface area contributed by atoms with Gasteiger partial charge in [0.05, 0.1) is 11.3 Å². The minimum atomic E-state index is -0.630. The molecule has 0 atom stereocenters. The number of fused-ring (bicyclic) bond motifs is 1. The third-order valence-electron chi connectivity index (χ3n) is 3.79. The van der Waals surface area contributed by atoms with Crippen molar-refractivity contribution in [2.24, 2.45) is 0 Å². The molecule has 118 valence electrons. The maximum Gasteiger partial charge on any atom is 0.299 e. The van der Waals surface area contributed by atoms with Crippen LogP contribution in [-0.2, 0) is 11.3 Å². The summed E-state index contributed by atoms with van der Waals surface area (Å²) in [6.07, 6.45) is 0. The first-order chi connectivity index (χ1) is 11.6. The number of rotatable bonds is 3. The zero-order chi connectivity index (χ0) is 16.7. The van der Waals surface area contributed by atoms with E-state index in [1.807, 2.05) is 30.3 Å². The van der Waals surface area contributed by atoms with E-state index < -0.39 is 11.7 Å². The van der Waals surface area contributed by atoms with Gasteiger partial charge in [-0.25, -0.2) is 0 Å². The van der Waals surface area contributed by atoms with Gasteiger partial charge < -0.3 is 10.3 Å². The number of Topliss-reactive ketones (excluding diaryl/α,β-unsaturated/α-hetero) is 1. The van der Waals surface area contributed by atoms with Gasteiger partial charge in [-0.3, -0.25) is 14.5 Å². The van der Waals surface area contributed by atoms with Gasteiger partial charge in [0.2, 0.25) is 11.7 Å². The number of benzene rings is 2. The van der Waals surface area contributed by atoms with Crippen molar-refractivity contribution in [3.05, 3.63) is 60.0 Å². The van der Waals surface area contributed by atoms with Crippen molar-refractivity contribution in [3.8, 4) is 11.4 Å². The highest BCUT2D eigenvalue weighted by molar-refractivity contribution is 6.52. The zero-order valence-electron chi connectivity index (χ0n) is 12.5. The quantitative estimate of drug-likeness (QED) is 0.585. The molecule has 0 saturated carbocycles. The summed E-state index contributed by atoms with van der Waals surface area (Å²) in [5, 5.41) is 3.91. The van der Waals surface area contributed by atoms with Crippen molar-refractivity contribution in [3.63, 3.8) is 0 Å². The van der Waals surface area contributed by atoms with Crippen molar-refractivity contribution < 1.29 is 14.1 Å². The Hall–Kier alpha value is -3.48. The molecule has 0 spiro atoms. The van der Waals surface area contributed by atoms with Gasteiger partial charge in [-0.1, -0.05) is 35.5 Å². The molecule has 7 heteroatoms. The zero-order valence-corrected chi connectivity index (χ0v) is 12.5. The molecule has 1 aliphatic rings. The Balaban J connectivity index is 1.64. The largest absolute Gasteiger partial charge is 0.399 e. The Bertz CT molecular complexity index is 949. The average molecular weight is 320 g/mol. The molecule has 1 amide bonds. The second kappa shape index (κ2) is 5.31. The first-order valence-corrected chi connectivity index (χ1v) is 7.27. The van der Waals surface area contributed by atoms with Crippen molar-refractivity contribution in [2.75, 3.05) is 10.6 Å². The van der Waals surface area contributed by atoms with Gasteiger partial charge in [0.25, 0.3) is 11.7 Å². The van der Waals surface area contributed by atoms with Crippen LogP contribution < -0.4 is 10.6 Å². The number of aromatic nitrogens is 2. The van der Waals surface area contributed by atoms with Gasteiger partial charge in [0, 0.05) is 11.3 Å². The number of hydrogen-bond donors (Lipinski definition) is 1. The molecule has 2 heterocycles. The molecule has 2 aromatic carbocycles. The van der Waals surface area contributed by atoms with Crippen LogP contribution in [0.15, 0.2) is 53.1 Å². The van der Waals surface area contributed by atoms with Crippen LogP contribution in [0.1, 0.15) is 16.2 Å². The minimum Gasteiger partial charge on any atom is -0.399 e. The molecular formula is C17H12N4O3. The number of nitrogen functional groups attached to an aromatic ring is 1. The number of hydrogen-bond acceptors (Lipinski definition) is 6. The van der Waals surface area contributed by atoms with Crippen LogP contribution in [0.4, 0.5) is 11.4 Å². The third kappa shape index (κ3) is 2.23. The topological polar surface area (TPSA) is 102 Å². The summed E-state index contributed by atoms with van der Waals surface area (Å²) in [6, 6.07) is 14.1. The Morgan fingerprint density at radius 2 is 1.88 bits per heavy atom. The molecule has 4 rings (SSSR count). The second-order valence-corrected chi connectivity index (χ2v) is 5.37. The van der Waals surface area contributed by atoms with Gasteiger partial charge in [-0.05, 0) is 18.2 Å². The van der Waals surface area contributed by atoms with Crippen LogP contribution in [0.2, 0.25) is 0 Å². The molecule has 0 aliphatic carbocycles. The van der Waals surface area contributed by atoms with Crippen molar-refractivity contribution in [1.29, 1.82) is 0 Å². The summed E-state index contributed by atoms with van der Waals surface area (Å²) in [5.74, 6) is -0.532. The lowest BCUT2D eigenvalue weighted by Crippen LogP contribution is -2.29. The molecule has 0 radical (unpaired) electrons. The van der Waals surface area contributed by atoms with Crippen LogP contribution in [0, 0.1) is 0 Å². The van der Waals surface area contributed by atoms with Crippen LogP contribution in [0.25, 0.3) is 11.4 Å². The summed E-state index contributed by atoms with van der Waals surface area (Å²) in [6.45, 7) is 0.0291. The standard InChI is InChI=1S/C17H12N4O3/c18-11-6-7-13-12(8-11)15(22)17(23)21(13)9-14-19-16(20-24-14)10-4-2-1-3-5-10/h1-8H,9,18H2. The van der Waals surface area contributed by atoms with Crippen LogP contribution in [0.3, 0.4) is 0 Å². The molecule has 0 fully saturated rings. The van der Waals surface area contributed by atoms with E-state index in [9.17, 15) is 9.59 Å². The van der Waals surface area contributed by atoms with Gasteiger partial charge in [0.15, 0.2) is 0 Å². The number of nitrogens with zero attached hydrogens (tertiary/aromatic N) is 3. The van der Waals surface area contributed by atoms with E-state index in [2.05, 4.69) is 10.1 Å². The molecule has 7 nitrogen and oxygen atoms in total. The van der Waals surface area contributed by atoms with Gasteiger partial charge in [0.1, 0.15) is 6.54 Å². The monoisotopic (exact) mass is 320 g/mol. The van der Waals surface area contributed by atoms with E-state index in [0.29, 0.717) is 22.8 Å². The highest BCUT2D eigenvalue weighted by atomic mass is 16.5. The molecule has 24 heavy (non-hydrogen) atoms. The molecular weight excluding hydrogens is 308 g/mol. The molecule has 2 N–H and O–H groups in total. The predicted molar refractivity (Wildman–Crippen MR) is 86.1 cm³/mol. The highest BCUT2D eigenvalue weighted by Crippen LogP contribution is 2.31. The van der Waals surface area contributed by atoms with Crippen molar-refractivity contribution >= 4 is 23.1 Å². The fourth-order valence-electron chi connectivity index (χ4n) is 2.63. The fraction of sp³-hybridized carbons (Fsp3) is 0.0588. The molecule has 0 unspecified atom stereocenters. The van der Waals surface area contributed by atoms with E-state index in [0.717, 1.165) is 5.56 Å². The third-order valence-corrected chi connectivity index (χ3v) is 3.79. The number of ketones is 1. The summed E-state index contributed by atoms with van der Waals surface area (Å²) < 4.78 is 5.21. The summed E-state index contributed by atoms with van der Waals surface area (Å²) >= 11 is 0. The predicted octanol–water partition coefficient (Wildman–Crippen LogP) is 2.05. The van der Waals surface area contributed by atoms with Crippen LogP contribution >= 0.6 is 0 Å². The lowest BCUT2D eigenvalue weighted by atomic mass is 10.1. The Kier molecular flexibility index (Phi) is 3.13.